The Morgan fingerprint density at radius 1 is 1.29 bits per heavy atom. The predicted octanol–water partition coefficient (Wildman–Crippen LogP) is -0.117. The summed E-state index contributed by atoms with van der Waals surface area (Å²) in [5.74, 6) is -0.557. The molecule has 1 aromatic carbocycles. The van der Waals surface area contributed by atoms with Crippen molar-refractivity contribution in [1.29, 1.82) is 0 Å². The van der Waals surface area contributed by atoms with Gasteiger partial charge in [-0.15, -0.1) is 0 Å². The maximum atomic E-state index is 13.8. The number of nitrogens with two attached hydrogens (primary N) is 1. The van der Waals surface area contributed by atoms with Crippen LogP contribution in [-0.4, -0.2) is 34.6 Å². The summed E-state index contributed by atoms with van der Waals surface area (Å²) in [6.07, 6.45) is 0. The summed E-state index contributed by atoms with van der Waals surface area (Å²) in [5.41, 5.74) is 0.416. The van der Waals surface area contributed by atoms with Crippen molar-refractivity contribution in [2.45, 2.75) is 4.90 Å². The monoisotopic (exact) mass is 259 g/mol. The average Bonchev–Trinajstić information content (AvgIpc) is 2.29. The second-order valence-electron chi connectivity index (χ2n) is 3.90. The van der Waals surface area contributed by atoms with Gasteiger partial charge in [0.25, 0.3) is 0 Å². The third-order valence-corrected chi connectivity index (χ3v) is 3.62. The Labute approximate surface area is 99.5 Å². The Hall–Kier alpha value is -1.18. The van der Waals surface area contributed by atoms with E-state index in [-0.39, 0.29) is 4.90 Å². The Balaban J connectivity index is 2.31. The highest BCUT2D eigenvalue weighted by Crippen LogP contribution is 2.22. The maximum absolute atomic E-state index is 13.8. The van der Waals surface area contributed by atoms with E-state index in [1.54, 1.807) is 0 Å². The minimum Gasteiger partial charge on any atom is -0.367 e. The molecule has 0 aromatic heterocycles. The third-order valence-electron chi connectivity index (χ3n) is 2.71. The molecule has 0 radical (unpaired) electrons. The van der Waals surface area contributed by atoms with Crippen LogP contribution in [0.2, 0.25) is 0 Å². The highest BCUT2D eigenvalue weighted by atomic mass is 32.2. The van der Waals surface area contributed by atoms with Gasteiger partial charge in [-0.05, 0) is 18.2 Å². The van der Waals surface area contributed by atoms with E-state index in [1.807, 2.05) is 4.90 Å². The van der Waals surface area contributed by atoms with Gasteiger partial charge in [0.2, 0.25) is 10.0 Å². The number of halogens is 1. The molecule has 1 fully saturated rings. The molecule has 0 bridgehead atoms. The number of nitrogens with zero attached hydrogens (tertiary/aromatic N) is 1. The molecule has 2 rings (SSSR count). The highest BCUT2D eigenvalue weighted by Gasteiger charge is 2.17. The fourth-order valence-electron chi connectivity index (χ4n) is 1.83. The van der Waals surface area contributed by atoms with E-state index < -0.39 is 15.8 Å². The summed E-state index contributed by atoms with van der Waals surface area (Å²) in [5, 5.41) is 8.10. The summed E-state index contributed by atoms with van der Waals surface area (Å²) < 4.78 is 35.9. The number of piperazine rings is 1. The van der Waals surface area contributed by atoms with E-state index in [9.17, 15) is 12.8 Å². The Morgan fingerprint density at radius 3 is 2.47 bits per heavy atom. The van der Waals surface area contributed by atoms with E-state index in [0.29, 0.717) is 18.8 Å². The molecule has 1 aliphatic heterocycles. The Morgan fingerprint density at radius 2 is 1.94 bits per heavy atom. The second kappa shape index (κ2) is 4.59. The Bertz CT molecular complexity index is 512. The molecule has 0 saturated carbocycles. The molecule has 1 saturated heterocycles. The summed E-state index contributed by atoms with van der Waals surface area (Å²) >= 11 is 0. The lowest BCUT2D eigenvalue weighted by molar-refractivity contribution is 0.563. The topological polar surface area (TPSA) is 75.4 Å². The minimum absolute atomic E-state index is 0.200. The lowest BCUT2D eigenvalue weighted by atomic mass is 10.2. The van der Waals surface area contributed by atoms with Crippen LogP contribution in [0, 0.1) is 5.82 Å². The molecule has 94 valence electrons. The number of benzene rings is 1. The second-order valence-corrected chi connectivity index (χ2v) is 5.46. The van der Waals surface area contributed by atoms with Gasteiger partial charge in [-0.1, -0.05) is 0 Å². The van der Waals surface area contributed by atoms with Crippen LogP contribution in [0.25, 0.3) is 0 Å². The van der Waals surface area contributed by atoms with Crippen LogP contribution >= 0.6 is 0 Å². The van der Waals surface area contributed by atoms with Crippen LogP contribution in [0.1, 0.15) is 0 Å². The molecule has 0 atom stereocenters. The number of primary sulfonamides is 1. The van der Waals surface area contributed by atoms with Crippen molar-refractivity contribution >= 4 is 15.7 Å². The van der Waals surface area contributed by atoms with Crippen LogP contribution in [0.4, 0.5) is 10.1 Å². The molecule has 3 N–H and O–H groups in total. The van der Waals surface area contributed by atoms with Gasteiger partial charge in [-0.2, -0.15) is 0 Å². The van der Waals surface area contributed by atoms with Gasteiger partial charge in [0.05, 0.1) is 10.6 Å². The van der Waals surface area contributed by atoms with Crippen molar-refractivity contribution in [1.82, 2.24) is 5.32 Å². The van der Waals surface area contributed by atoms with Gasteiger partial charge in [0.1, 0.15) is 5.82 Å². The van der Waals surface area contributed by atoms with Crippen LogP contribution in [0.5, 0.6) is 0 Å². The zero-order chi connectivity index (χ0) is 12.5. The van der Waals surface area contributed by atoms with E-state index in [2.05, 4.69) is 5.32 Å². The molecule has 17 heavy (non-hydrogen) atoms. The van der Waals surface area contributed by atoms with Crippen molar-refractivity contribution in [3.63, 3.8) is 0 Å². The third kappa shape index (κ3) is 2.74. The number of hydrogen-bond donors (Lipinski definition) is 2. The summed E-state index contributed by atoms with van der Waals surface area (Å²) in [6, 6.07) is 3.75. The highest BCUT2D eigenvalue weighted by molar-refractivity contribution is 7.89. The molecular formula is C10H14FN3O2S. The molecule has 0 unspecified atom stereocenters. The number of anilines is 1. The molecular weight excluding hydrogens is 245 g/mol. The molecule has 1 aliphatic rings. The van der Waals surface area contributed by atoms with Crippen molar-refractivity contribution in [2.75, 3.05) is 31.1 Å². The van der Waals surface area contributed by atoms with Gasteiger partial charge in [-0.3, -0.25) is 0 Å². The molecule has 0 amide bonds. The normalized spacial score (nSPS) is 17.2. The van der Waals surface area contributed by atoms with Crippen molar-refractivity contribution in [2.24, 2.45) is 5.14 Å². The van der Waals surface area contributed by atoms with E-state index >= 15 is 0 Å². The van der Waals surface area contributed by atoms with Crippen molar-refractivity contribution in [3.05, 3.63) is 24.0 Å². The zero-order valence-corrected chi connectivity index (χ0v) is 10.0. The van der Waals surface area contributed by atoms with Gasteiger partial charge in [-0.25, -0.2) is 17.9 Å². The standard InChI is InChI=1S/C10H14FN3O2S/c11-9-7-8(17(12,15)16)1-2-10(9)14-5-3-13-4-6-14/h1-2,7,13H,3-6H2,(H2,12,15,16). The summed E-state index contributed by atoms with van der Waals surface area (Å²) in [4.78, 5) is 1.67. The maximum Gasteiger partial charge on any atom is 0.238 e. The lowest BCUT2D eigenvalue weighted by Crippen LogP contribution is -2.43. The average molecular weight is 259 g/mol. The van der Waals surface area contributed by atoms with Gasteiger partial charge < -0.3 is 10.2 Å². The summed E-state index contributed by atoms with van der Waals surface area (Å²) in [7, 11) is -3.84. The predicted molar refractivity (Wildman–Crippen MR) is 62.9 cm³/mol. The van der Waals surface area contributed by atoms with E-state index in [4.69, 9.17) is 5.14 Å². The largest absolute Gasteiger partial charge is 0.367 e. The Kier molecular flexibility index (Phi) is 3.32. The smallest absolute Gasteiger partial charge is 0.238 e. The SMILES string of the molecule is NS(=O)(=O)c1ccc(N2CCNCC2)c(F)c1. The van der Waals surface area contributed by atoms with Gasteiger partial charge in [0.15, 0.2) is 0 Å². The fraction of sp³-hybridized carbons (Fsp3) is 0.400. The van der Waals surface area contributed by atoms with Gasteiger partial charge in [0, 0.05) is 26.2 Å². The quantitative estimate of drug-likeness (QED) is 0.776. The van der Waals surface area contributed by atoms with Crippen LogP contribution in [-0.2, 0) is 10.0 Å². The lowest BCUT2D eigenvalue weighted by Gasteiger charge is -2.29. The molecule has 0 spiro atoms. The first-order valence-corrected chi connectivity index (χ1v) is 6.81. The zero-order valence-electron chi connectivity index (χ0n) is 9.19. The number of hydrogen-bond acceptors (Lipinski definition) is 4. The molecule has 7 heteroatoms. The molecule has 5 nitrogen and oxygen atoms in total. The van der Waals surface area contributed by atoms with Crippen molar-refractivity contribution in [3.8, 4) is 0 Å². The molecule has 0 aliphatic carbocycles. The van der Waals surface area contributed by atoms with Crippen LogP contribution < -0.4 is 15.4 Å². The van der Waals surface area contributed by atoms with Gasteiger partial charge >= 0.3 is 0 Å². The minimum atomic E-state index is -3.84. The molecule has 1 heterocycles. The van der Waals surface area contributed by atoms with Crippen molar-refractivity contribution < 1.29 is 12.8 Å². The van der Waals surface area contributed by atoms with E-state index in [0.717, 1.165) is 19.2 Å². The van der Waals surface area contributed by atoms with Crippen LogP contribution in [0.15, 0.2) is 23.1 Å². The number of nitrogens with one attached hydrogen (secondary N) is 1. The number of sulfonamides is 1. The first-order valence-electron chi connectivity index (χ1n) is 5.26. The summed E-state index contributed by atoms with van der Waals surface area (Å²) in [6.45, 7) is 2.98. The molecule has 1 aromatic rings. The first kappa shape index (κ1) is 12.3. The van der Waals surface area contributed by atoms with Crippen LogP contribution in [0.3, 0.4) is 0 Å². The first-order chi connectivity index (χ1) is 7.98. The van der Waals surface area contributed by atoms with E-state index in [1.165, 1.54) is 12.1 Å². The fourth-order valence-corrected chi connectivity index (χ4v) is 2.35. The number of rotatable bonds is 2.